The zero-order valence-electron chi connectivity index (χ0n) is 13.5. The molecule has 1 N–H and O–H groups in total. The molecule has 0 radical (unpaired) electrons. The van der Waals surface area contributed by atoms with E-state index in [2.05, 4.69) is 49.0 Å². The molecule has 0 aromatic carbocycles. The lowest BCUT2D eigenvalue weighted by atomic mass is 10.0. The number of aromatic nitrogens is 2. The summed E-state index contributed by atoms with van der Waals surface area (Å²) >= 11 is 0. The molecule has 1 rings (SSSR count). The zero-order valence-corrected chi connectivity index (χ0v) is 13.5. The lowest BCUT2D eigenvalue weighted by molar-refractivity contribution is 0.356. The molecule has 0 aliphatic heterocycles. The lowest BCUT2D eigenvalue weighted by Crippen LogP contribution is -2.20. The number of aromatic amines is 1. The minimum atomic E-state index is 0.541. The van der Waals surface area contributed by atoms with Crippen LogP contribution in [0.25, 0.3) is 5.57 Å². The van der Waals surface area contributed by atoms with Crippen LogP contribution in [0.1, 0.15) is 37.2 Å². The molecule has 4 heteroatoms. The first kappa shape index (κ1) is 17.4. The molecule has 0 aliphatic rings. The van der Waals surface area contributed by atoms with Crippen LogP contribution >= 0.6 is 0 Å². The van der Waals surface area contributed by atoms with Crippen molar-refractivity contribution in [2.45, 2.75) is 33.6 Å². The molecule has 0 fully saturated rings. The van der Waals surface area contributed by atoms with Gasteiger partial charge in [-0.1, -0.05) is 32.1 Å². The molecule has 116 valence electrons. The van der Waals surface area contributed by atoms with E-state index < -0.39 is 0 Å². The average molecular weight is 291 g/mol. The monoisotopic (exact) mass is 291 g/mol. The van der Waals surface area contributed by atoms with Crippen molar-refractivity contribution in [1.82, 2.24) is 15.1 Å². The Balaban J connectivity index is 2.95. The first-order chi connectivity index (χ1) is 10.1. The van der Waals surface area contributed by atoms with E-state index in [0.29, 0.717) is 6.33 Å². The maximum absolute atomic E-state index is 12.3. The number of H-pyrrole nitrogens is 1. The Hall–Kier alpha value is -1.68. The third-order valence-corrected chi connectivity index (χ3v) is 3.55. The van der Waals surface area contributed by atoms with Gasteiger partial charge < -0.3 is 4.90 Å². The third kappa shape index (κ3) is 5.31. The topological polar surface area (TPSA) is 31.9 Å². The first-order valence-corrected chi connectivity index (χ1v) is 7.50. The van der Waals surface area contributed by atoms with Crippen molar-refractivity contribution in [3.63, 3.8) is 0 Å². The van der Waals surface area contributed by atoms with Gasteiger partial charge in [0.1, 0.15) is 0 Å². The Morgan fingerprint density at radius 3 is 2.76 bits per heavy atom. The van der Waals surface area contributed by atoms with Crippen LogP contribution in [-0.4, -0.2) is 35.2 Å². The predicted molar refractivity (Wildman–Crippen MR) is 87.9 cm³/mol. The average Bonchev–Trinajstić information content (AvgIpc) is 2.86. The van der Waals surface area contributed by atoms with Gasteiger partial charge in [-0.15, -0.1) is 0 Å². The fourth-order valence-electron chi connectivity index (χ4n) is 2.02. The Labute approximate surface area is 127 Å². The Bertz CT molecular complexity index is 512. The molecule has 0 saturated heterocycles. The second-order valence-corrected chi connectivity index (χ2v) is 5.07. The van der Waals surface area contributed by atoms with Gasteiger partial charge in [-0.25, -0.2) is 4.39 Å². The number of nitrogens with one attached hydrogen (secondary N) is 1. The minimum Gasteiger partial charge on any atom is -0.306 e. The van der Waals surface area contributed by atoms with Gasteiger partial charge >= 0.3 is 0 Å². The van der Waals surface area contributed by atoms with Crippen molar-refractivity contribution in [2.75, 3.05) is 20.1 Å². The fourth-order valence-corrected chi connectivity index (χ4v) is 2.02. The van der Waals surface area contributed by atoms with Gasteiger partial charge in [-0.3, -0.25) is 5.10 Å². The highest BCUT2D eigenvalue weighted by Crippen LogP contribution is 2.21. The van der Waals surface area contributed by atoms with E-state index in [-0.39, 0.29) is 0 Å². The number of hydrogen-bond donors (Lipinski definition) is 1. The van der Waals surface area contributed by atoms with Crippen molar-refractivity contribution in [3.05, 3.63) is 47.6 Å². The van der Waals surface area contributed by atoms with Gasteiger partial charge in [0.15, 0.2) is 0 Å². The summed E-state index contributed by atoms with van der Waals surface area (Å²) in [6, 6.07) is 0. The molecule has 0 spiro atoms. The third-order valence-electron chi connectivity index (χ3n) is 3.55. The smallest absolute Gasteiger partial charge is 0.0952 e. The van der Waals surface area contributed by atoms with Crippen LogP contribution in [0, 0.1) is 6.92 Å². The van der Waals surface area contributed by atoms with E-state index in [1.807, 2.05) is 6.08 Å². The highest BCUT2D eigenvalue weighted by Gasteiger charge is 2.11. The standard InChI is InChI=1S/C17H26FN3/c1-5-7-9-15(10-8-12-18)17-14(3)16(19-20-17)11-13-21(4)6-2/h7-10,12H,5-6,11,13H2,1-4H3,(H,19,20)/b9-7-,12-8+,15-10+. The first-order valence-electron chi connectivity index (χ1n) is 7.50. The number of rotatable bonds is 8. The summed E-state index contributed by atoms with van der Waals surface area (Å²) in [4.78, 5) is 2.26. The maximum Gasteiger partial charge on any atom is 0.0952 e. The Morgan fingerprint density at radius 1 is 1.38 bits per heavy atom. The second-order valence-electron chi connectivity index (χ2n) is 5.07. The van der Waals surface area contributed by atoms with Gasteiger partial charge in [-0.2, -0.15) is 5.10 Å². The molecule has 21 heavy (non-hydrogen) atoms. The number of allylic oxidation sites excluding steroid dienone is 5. The molecule has 1 heterocycles. The van der Waals surface area contributed by atoms with Crippen LogP contribution in [0.5, 0.6) is 0 Å². The van der Waals surface area contributed by atoms with Crippen LogP contribution < -0.4 is 0 Å². The van der Waals surface area contributed by atoms with Crippen LogP contribution in [0.4, 0.5) is 4.39 Å². The van der Waals surface area contributed by atoms with Crippen LogP contribution in [0.2, 0.25) is 0 Å². The summed E-state index contributed by atoms with van der Waals surface area (Å²) < 4.78 is 12.3. The zero-order chi connectivity index (χ0) is 15.7. The van der Waals surface area contributed by atoms with Crippen molar-refractivity contribution in [1.29, 1.82) is 0 Å². The number of hydrogen-bond acceptors (Lipinski definition) is 2. The largest absolute Gasteiger partial charge is 0.306 e. The Morgan fingerprint density at radius 2 is 2.14 bits per heavy atom. The molecular weight excluding hydrogens is 265 g/mol. The van der Waals surface area contributed by atoms with Crippen molar-refractivity contribution in [3.8, 4) is 0 Å². The minimum absolute atomic E-state index is 0.541. The maximum atomic E-state index is 12.3. The number of nitrogens with zero attached hydrogens (tertiary/aromatic N) is 2. The highest BCUT2D eigenvalue weighted by atomic mass is 19.1. The van der Waals surface area contributed by atoms with Gasteiger partial charge in [0.2, 0.25) is 0 Å². The van der Waals surface area contributed by atoms with Crippen LogP contribution in [0.3, 0.4) is 0 Å². The summed E-state index contributed by atoms with van der Waals surface area (Å²) in [5, 5.41) is 7.52. The normalized spacial score (nSPS) is 13.1. The van der Waals surface area contributed by atoms with Gasteiger partial charge in [-0.05, 0) is 38.6 Å². The summed E-state index contributed by atoms with van der Waals surface area (Å²) in [7, 11) is 2.11. The quantitative estimate of drug-likeness (QED) is 0.733. The SMILES string of the molecule is CC\C=C/C(=C\C=C\F)c1n[nH]c(CCN(C)CC)c1C. The molecule has 0 atom stereocenters. The number of halogens is 1. The van der Waals surface area contributed by atoms with Gasteiger partial charge in [0.25, 0.3) is 0 Å². The summed E-state index contributed by atoms with van der Waals surface area (Å²) in [6.07, 6.45) is 9.60. The Kier molecular flexibility index (Phi) is 7.69. The van der Waals surface area contributed by atoms with E-state index >= 15 is 0 Å². The molecule has 0 bridgehead atoms. The second kappa shape index (κ2) is 9.29. The van der Waals surface area contributed by atoms with Crippen molar-refractivity contribution < 1.29 is 4.39 Å². The van der Waals surface area contributed by atoms with E-state index in [4.69, 9.17) is 0 Å². The molecule has 1 aromatic heterocycles. The molecule has 0 saturated carbocycles. The van der Waals surface area contributed by atoms with E-state index in [1.165, 1.54) is 6.08 Å². The van der Waals surface area contributed by atoms with Gasteiger partial charge in [0, 0.05) is 24.2 Å². The molecule has 1 aromatic rings. The summed E-state index contributed by atoms with van der Waals surface area (Å²) in [6.45, 7) is 8.30. The van der Waals surface area contributed by atoms with Gasteiger partial charge in [0.05, 0.1) is 12.0 Å². The van der Waals surface area contributed by atoms with Crippen molar-refractivity contribution >= 4 is 5.57 Å². The van der Waals surface area contributed by atoms with Crippen LogP contribution in [0.15, 0.2) is 30.6 Å². The summed E-state index contributed by atoms with van der Waals surface area (Å²) in [5.74, 6) is 0. The van der Waals surface area contributed by atoms with E-state index in [0.717, 1.165) is 48.5 Å². The number of likely N-dealkylation sites (N-methyl/N-ethyl adjacent to an activating group) is 1. The summed E-state index contributed by atoms with van der Waals surface area (Å²) in [5.41, 5.74) is 4.10. The highest BCUT2D eigenvalue weighted by molar-refractivity contribution is 5.75. The fraction of sp³-hybridized carbons (Fsp3) is 0.471. The molecule has 0 aliphatic carbocycles. The molecule has 3 nitrogen and oxygen atoms in total. The van der Waals surface area contributed by atoms with Crippen LogP contribution in [-0.2, 0) is 6.42 Å². The van der Waals surface area contributed by atoms with E-state index in [9.17, 15) is 4.39 Å². The van der Waals surface area contributed by atoms with E-state index in [1.54, 1.807) is 6.08 Å². The molecule has 0 amide bonds. The molecular formula is C17H26FN3. The van der Waals surface area contributed by atoms with Crippen molar-refractivity contribution in [2.24, 2.45) is 0 Å². The lowest BCUT2D eigenvalue weighted by Gasteiger charge is -2.12. The predicted octanol–water partition coefficient (Wildman–Crippen LogP) is 4.05. The molecule has 0 unspecified atom stereocenters.